The molecule has 1 unspecified atom stereocenters. The van der Waals surface area contributed by atoms with Crippen molar-refractivity contribution in [3.63, 3.8) is 0 Å². The van der Waals surface area contributed by atoms with Gasteiger partial charge in [0, 0.05) is 30.8 Å². The summed E-state index contributed by atoms with van der Waals surface area (Å²) in [6.45, 7) is 1.68. The molecule has 0 amide bonds. The van der Waals surface area contributed by atoms with Crippen molar-refractivity contribution in [1.29, 1.82) is 0 Å². The Hall–Kier alpha value is -1.07. The first kappa shape index (κ1) is 13.9. The summed E-state index contributed by atoms with van der Waals surface area (Å²) in [6, 6.07) is 5.65. The number of aromatic nitrogens is 2. The zero-order valence-electron chi connectivity index (χ0n) is 11.0. The van der Waals surface area contributed by atoms with Gasteiger partial charge in [-0.2, -0.15) is 0 Å². The van der Waals surface area contributed by atoms with Crippen LogP contribution in [0.2, 0.25) is 10.0 Å². The van der Waals surface area contributed by atoms with E-state index in [-0.39, 0.29) is 12.1 Å². The van der Waals surface area contributed by atoms with Crippen LogP contribution >= 0.6 is 23.2 Å². The Kier molecular flexibility index (Phi) is 3.98. The monoisotopic (exact) mass is 311 g/mol. The third-order valence-electron chi connectivity index (χ3n) is 3.66. The second-order valence-corrected chi connectivity index (χ2v) is 5.65. The third-order valence-corrected chi connectivity index (χ3v) is 4.22. The molecule has 2 atom stereocenters. The van der Waals surface area contributed by atoms with Crippen molar-refractivity contribution in [3.05, 3.63) is 40.8 Å². The van der Waals surface area contributed by atoms with E-state index in [9.17, 15) is 0 Å². The zero-order valence-corrected chi connectivity index (χ0v) is 12.5. The molecule has 2 aromatic rings. The number of nitrogens with one attached hydrogen (secondary N) is 1. The molecule has 1 aliphatic heterocycles. The zero-order chi connectivity index (χ0) is 14.1. The molecule has 1 saturated heterocycles. The predicted molar refractivity (Wildman–Crippen MR) is 80.4 cm³/mol. The number of imidazole rings is 1. The fourth-order valence-electron chi connectivity index (χ4n) is 2.63. The van der Waals surface area contributed by atoms with Crippen molar-refractivity contribution in [2.75, 3.05) is 20.2 Å². The lowest BCUT2D eigenvalue weighted by atomic mass is 10.1. The van der Waals surface area contributed by atoms with E-state index in [4.69, 9.17) is 27.9 Å². The van der Waals surface area contributed by atoms with Crippen LogP contribution in [0, 0.1) is 0 Å². The highest BCUT2D eigenvalue weighted by molar-refractivity contribution is 6.35. The summed E-state index contributed by atoms with van der Waals surface area (Å²) < 4.78 is 7.63. The molecule has 4 nitrogen and oxygen atoms in total. The molecule has 2 heterocycles. The molecule has 1 aromatic heterocycles. The Bertz CT molecular complexity index is 614. The van der Waals surface area contributed by atoms with Crippen molar-refractivity contribution in [2.45, 2.75) is 12.1 Å². The van der Waals surface area contributed by atoms with E-state index in [1.807, 2.05) is 18.6 Å². The van der Waals surface area contributed by atoms with E-state index in [1.165, 1.54) is 0 Å². The maximum atomic E-state index is 6.29. The molecule has 0 aliphatic carbocycles. The van der Waals surface area contributed by atoms with Crippen molar-refractivity contribution in [1.82, 2.24) is 14.9 Å². The summed E-state index contributed by atoms with van der Waals surface area (Å²) in [5.74, 6) is 0. The molecular formula is C14H15Cl2N3O. The third kappa shape index (κ3) is 2.44. The largest absolute Gasteiger partial charge is 0.378 e. The van der Waals surface area contributed by atoms with Crippen molar-refractivity contribution < 1.29 is 4.74 Å². The lowest BCUT2D eigenvalue weighted by molar-refractivity contribution is 0.0870. The minimum absolute atomic E-state index is 0.126. The highest BCUT2D eigenvalue weighted by Crippen LogP contribution is 2.33. The van der Waals surface area contributed by atoms with Crippen LogP contribution in [0.1, 0.15) is 6.04 Å². The quantitative estimate of drug-likeness (QED) is 0.947. The number of methoxy groups -OCH3 is 1. The van der Waals surface area contributed by atoms with Gasteiger partial charge in [-0.1, -0.05) is 23.2 Å². The van der Waals surface area contributed by atoms with Gasteiger partial charge in [0.1, 0.15) is 0 Å². The van der Waals surface area contributed by atoms with Crippen LogP contribution in [0.15, 0.2) is 30.7 Å². The van der Waals surface area contributed by atoms with E-state index in [1.54, 1.807) is 19.2 Å². The Labute approximate surface area is 127 Å². The van der Waals surface area contributed by atoms with Gasteiger partial charge in [-0.25, -0.2) is 4.98 Å². The molecule has 6 heteroatoms. The van der Waals surface area contributed by atoms with Gasteiger partial charge in [0.15, 0.2) is 0 Å². The van der Waals surface area contributed by atoms with Gasteiger partial charge in [-0.05, 0) is 18.2 Å². The fraction of sp³-hybridized carbons (Fsp3) is 0.357. The molecule has 1 aliphatic rings. The molecule has 20 heavy (non-hydrogen) atoms. The first-order valence-electron chi connectivity index (χ1n) is 6.41. The van der Waals surface area contributed by atoms with E-state index < -0.39 is 0 Å². The van der Waals surface area contributed by atoms with E-state index >= 15 is 0 Å². The van der Waals surface area contributed by atoms with E-state index in [2.05, 4.69) is 14.9 Å². The van der Waals surface area contributed by atoms with Crippen LogP contribution in [0.4, 0.5) is 0 Å². The molecule has 1 aromatic carbocycles. The lowest BCUT2D eigenvalue weighted by Gasteiger charge is -2.21. The molecule has 1 N–H and O–H groups in total. The summed E-state index contributed by atoms with van der Waals surface area (Å²) in [5.41, 5.74) is 1.84. The molecule has 106 valence electrons. The first-order chi connectivity index (χ1) is 9.70. The van der Waals surface area contributed by atoms with Crippen LogP contribution < -0.4 is 5.32 Å². The van der Waals surface area contributed by atoms with Gasteiger partial charge < -0.3 is 14.6 Å². The second kappa shape index (κ2) is 5.74. The average molecular weight is 312 g/mol. The standard InChI is InChI=1S/C14H15Cl2N3O/c1-20-14-7-17-6-13(14)19-8-18-5-12(19)10-4-9(15)2-3-11(10)16/h2-5,8,13-14,17H,6-7H2,1H3/t13?,14-/m0/s1. The summed E-state index contributed by atoms with van der Waals surface area (Å²) in [6.07, 6.45) is 3.75. The minimum Gasteiger partial charge on any atom is -0.378 e. The van der Waals surface area contributed by atoms with Crippen LogP contribution in [0.5, 0.6) is 0 Å². The summed E-state index contributed by atoms with van der Waals surface area (Å²) >= 11 is 12.4. The fourth-order valence-corrected chi connectivity index (χ4v) is 3.02. The molecule has 0 radical (unpaired) electrons. The average Bonchev–Trinajstić information content (AvgIpc) is 3.08. The summed E-state index contributed by atoms with van der Waals surface area (Å²) in [5, 5.41) is 4.65. The van der Waals surface area contributed by atoms with Crippen LogP contribution in [-0.2, 0) is 4.74 Å². The van der Waals surface area contributed by atoms with Gasteiger partial charge in [0.2, 0.25) is 0 Å². The predicted octanol–water partition coefficient (Wildman–Crippen LogP) is 3.02. The number of halogens is 2. The minimum atomic E-state index is 0.126. The smallest absolute Gasteiger partial charge is 0.0954 e. The Morgan fingerprint density at radius 1 is 1.35 bits per heavy atom. The van der Waals surface area contributed by atoms with Crippen molar-refractivity contribution in [2.24, 2.45) is 0 Å². The maximum Gasteiger partial charge on any atom is 0.0954 e. The van der Waals surface area contributed by atoms with Gasteiger partial charge in [0.25, 0.3) is 0 Å². The number of rotatable bonds is 3. The summed E-state index contributed by atoms with van der Waals surface area (Å²) in [7, 11) is 1.73. The molecule has 1 fully saturated rings. The number of nitrogens with zero attached hydrogens (tertiary/aromatic N) is 2. The van der Waals surface area contributed by atoms with Gasteiger partial charge in [-0.3, -0.25) is 0 Å². The Morgan fingerprint density at radius 2 is 2.20 bits per heavy atom. The molecular weight excluding hydrogens is 297 g/mol. The molecule has 0 spiro atoms. The number of hydrogen-bond acceptors (Lipinski definition) is 3. The van der Waals surface area contributed by atoms with Gasteiger partial charge >= 0.3 is 0 Å². The van der Waals surface area contributed by atoms with Crippen molar-refractivity contribution in [3.8, 4) is 11.3 Å². The van der Waals surface area contributed by atoms with Crippen LogP contribution in [0.3, 0.4) is 0 Å². The highest BCUT2D eigenvalue weighted by Gasteiger charge is 2.30. The highest BCUT2D eigenvalue weighted by atomic mass is 35.5. The number of ether oxygens (including phenoxy) is 1. The first-order valence-corrected chi connectivity index (χ1v) is 7.17. The SMILES string of the molecule is CO[C@H]1CNCC1n1cncc1-c1cc(Cl)ccc1Cl. The topological polar surface area (TPSA) is 39.1 Å². The van der Waals surface area contributed by atoms with Gasteiger partial charge in [-0.15, -0.1) is 0 Å². The van der Waals surface area contributed by atoms with Crippen LogP contribution in [-0.4, -0.2) is 35.9 Å². The van der Waals surface area contributed by atoms with E-state index in [0.717, 1.165) is 24.3 Å². The molecule has 0 bridgehead atoms. The molecule has 0 saturated carbocycles. The Balaban J connectivity index is 2.04. The second-order valence-electron chi connectivity index (χ2n) is 4.81. The van der Waals surface area contributed by atoms with Crippen LogP contribution in [0.25, 0.3) is 11.3 Å². The van der Waals surface area contributed by atoms with Crippen molar-refractivity contribution >= 4 is 23.2 Å². The van der Waals surface area contributed by atoms with Gasteiger partial charge in [0.05, 0.1) is 35.4 Å². The maximum absolute atomic E-state index is 6.29. The molecule has 3 rings (SSSR count). The number of benzene rings is 1. The normalized spacial score (nSPS) is 22.4. The number of hydrogen-bond donors (Lipinski definition) is 1. The van der Waals surface area contributed by atoms with E-state index in [0.29, 0.717) is 10.0 Å². The summed E-state index contributed by atoms with van der Waals surface area (Å²) in [4.78, 5) is 4.26. The lowest BCUT2D eigenvalue weighted by Crippen LogP contribution is -2.24. The Morgan fingerprint density at radius 3 is 3.00 bits per heavy atom.